The van der Waals surface area contributed by atoms with E-state index in [-0.39, 0.29) is 5.82 Å². The normalized spacial score (nSPS) is 11.8. The van der Waals surface area contributed by atoms with Crippen LogP contribution >= 0.6 is 0 Å². The Balaban J connectivity index is 3.00. The standard InChI is InChI=1S/C5H3FN.3C4H9.Sn/c6-5-2-1-3-7-4-5;3*1-3-4-2;/h1-2,4H;3*1,3-4H2,2H3;. The van der Waals surface area contributed by atoms with Crippen molar-refractivity contribution in [1.29, 1.82) is 0 Å². The fourth-order valence-corrected chi connectivity index (χ4v) is 18.4. The molecule has 0 bridgehead atoms. The van der Waals surface area contributed by atoms with Gasteiger partial charge in [0.1, 0.15) is 0 Å². The maximum absolute atomic E-state index is 13.2. The van der Waals surface area contributed by atoms with Gasteiger partial charge in [0.05, 0.1) is 0 Å². The number of hydrogen-bond acceptors (Lipinski definition) is 1. The molecule has 1 aromatic heterocycles. The Morgan fingerprint density at radius 3 is 1.75 bits per heavy atom. The van der Waals surface area contributed by atoms with Crippen LogP contribution in [0.25, 0.3) is 0 Å². The summed E-state index contributed by atoms with van der Waals surface area (Å²) in [7, 11) is 0. The Kier molecular flexibility index (Phi) is 8.74. The van der Waals surface area contributed by atoms with E-state index in [2.05, 4.69) is 25.8 Å². The summed E-state index contributed by atoms with van der Waals surface area (Å²) >= 11 is -2.40. The zero-order valence-electron chi connectivity index (χ0n) is 13.4. The molecule has 0 N–H and O–H groups in total. The molecule has 0 aliphatic rings. The monoisotopic (exact) mass is 387 g/mol. The molecule has 20 heavy (non-hydrogen) atoms. The van der Waals surface area contributed by atoms with Gasteiger partial charge in [0.2, 0.25) is 0 Å². The summed E-state index contributed by atoms with van der Waals surface area (Å²) in [5, 5.41) is 0. The average molecular weight is 386 g/mol. The first-order chi connectivity index (χ1) is 9.68. The van der Waals surface area contributed by atoms with Gasteiger partial charge in [-0.25, -0.2) is 0 Å². The zero-order valence-corrected chi connectivity index (χ0v) is 16.3. The molecule has 1 aromatic rings. The van der Waals surface area contributed by atoms with E-state index in [9.17, 15) is 4.39 Å². The summed E-state index contributed by atoms with van der Waals surface area (Å²) in [6, 6.07) is 3.63. The summed E-state index contributed by atoms with van der Waals surface area (Å²) < 4.78 is 18.7. The number of hydrogen-bond donors (Lipinski definition) is 0. The van der Waals surface area contributed by atoms with Gasteiger partial charge < -0.3 is 0 Å². The predicted molar refractivity (Wildman–Crippen MR) is 88.7 cm³/mol. The second kappa shape index (κ2) is 9.75. The summed E-state index contributed by atoms with van der Waals surface area (Å²) in [6.45, 7) is 6.82. The van der Waals surface area contributed by atoms with Gasteiger partial charge in [-0.1, -0.05) is 0 Å². The van der Waals surface area contributed by atoms with Crippen molar-refractivity contribution < 1.29 is 4.39 Å². The van der Waals surface area contributed by atoms with Gasteiger partial charge >= 0.3 is 128 Å². The van der Waals surface area contributed by atoms with Gasteiger partial charge in [-0.05, 0) is 0 Å². The van der Waals surface area contributed by atoms with Crippen LogP contribution in [0.4, 0.5) is 4.39 Å². The molecule has 3 heteroatoms. The molecule has 0 saturated carbocycles. The summed E-state index contributed by atoms with van der Waals surface area (Å²) in [6.07, 6.45) is 9.19. The molecule has 0 saturated heterocycles. The van der Waals surface area contributed by atoms with E-state index < -0.39 is 18.4 Å². The molecule has 114 valence electrons. The van der Waals surface area contributed by atoms with Crippen molar-refractivity contribution >= 4 is 22.1 Å². The molecule has 1 rings (SSSR count). The van der Waals surface area contributed by atoms with E-state index in [1.54, 1.807) is 6.07 Å². The Morgan fingerprint density at radius 1 is 0.900 bits per heavy atom. The molecule has 0 radical (unpaired) electrons. The second-order valence-electron chi connectivity index (χ2n) is 5.95. The predicted octanol–water partition coefficient (Wildman–Crippen LogP) is 5.28. The molecule has 1 heterocycles. The summed E-state index contributed by atoms with van der Waals surface area (Å²) in [5.41, 5.74) is 0. The van der Waals surface area contributed by atoms with E-state index in [1.165, 1.54) is 61.7 Å². The number of rotatable bonds is 10. The summed E-state index contributed by atoms with van der Waals surface area (Å²) in [4.78, 5) is 4.53. The first-order valence-corrected chi connectivity index (χ1v) is 15.8. The molecular formula is C17H30FNSn. The van der Waals surface area contributed by atoms with Crippen LogP contribution in [0, 0.1) is 5.82 Å². The van der Waals surface area contributed by atoms with Crippen molar-refractivity contribution in [2.75, 3.05) is 0 Å². The van der Waals surface area contributed by atoms with Crippen molar-refractivity contribution in [3.8, 4) is 0 Å². The average Bonchev–Trinajstić information content (AvgIpc) is 2.48. The molecule has 0 aliphatic heterocycles. The third-order valence-corrected chi connectivity index (χ3v) is 19.5. The van der Waals surface area contributed by atoms with Gasteiger partial charge in [-0.3, -0.25) is 0 Å². The van der Waals surface area contributed by atoms with Gasteiger partial charge in [0.15, 0.2) is 0 Å². The van der Waals surface area contributed by atoms with Gasteiger partial charge in [0.25, 0.3) is 0 Å². The van der Waals surface area contributed by atoms with Crippen LogP contribution in [0.2, 0.25) is 13.3 Å². The van der Waals surface area contributed by atoms with Crippen LogP contribution in [-0.2, 0) is 0 Å². The van der Waals surface area contributed by atoms with Gasteiger partial charge in [-0.2, -0.15) is 0 Å². The van der Waals surface area contributed by atoms with E-state index in [4.69, 9.17) is 0 Å². The number of nitrogens with zero attached hydrogens (tertiary/aromatic N) is 1. The number of aromatic nitrogens is 1. The number of unbranched alkanes of at least 4 members (excludes halogenated alkanes) is 3. The quantitative estimate of drug-likeness (QED) is 0.499. The Morgan fingerprint density at radius 2 is 1.40 bits per heavy atom. The minimum atomic E-state index is -2.40. The van der Waals surface area contributed by atoms with Crippen LogP contribution < -0.4 is 3.71 Å². The number of halogens is 1. The molecule has 0 amide bonds. The van der Waals surface area contributed by atoms with Gasteiger partial charge in [0, 0.05) is 0 Å². The first-order valence-electron chi connectivity index (χ1n) is 8.30. The molecule has 0 atom stereocenters. The van der Waals surface area contributed by atoms with E-state index in [0.29, 0.717) is 0 Å². The fourth-order valence-electron chi connectivity index (χ4n) is 2.99. The third-order valence-electron chi connectivity index (χ3n) is 4.30. The molecule has 0 fully saturated rings. The fraction of sp³-hybridized carbons (Fsp3) is 0.706. The zero-order chi connectivity index (χ0) is 14.8. The Bertz CT molecular complexity index is 342. The summed E-state index contributed by atoms with van der Waals surface area (Å²) in [5.74, 6) is -0.199. The Hall–Kier alpha value is -0.121. The van der Waals surface area contributed by atoms with E-state index >= 15 is 0 Å². The van der Waals surface area contributed by atoms with E-state index in [0.717, 1.165) is 0 Å². The molecule has 0 aromatic carbocycles. The number of pyridine rings is 1. The van der Waals surface area contributed by atoms with Crippen molar-refractivity contribution in [1.82, 2.24) is 4.98 Å². The van der Waals surface area contributed by atoms with Crippen molar-refractivity contribution in [3.63, 3.8) is 0 Å². The third kappa shape index (κ3) is 5.34. The van der Waals surface area contributed by atoms with E-state index in [1.807, 2.05) is 6.07 Å². The topological polar surface area (TPSA) is 12.9 Å². The van der Waals surface area contributed by atoms with Crippen LogP contribution in [0.5, 0.6) is 0 Å². The van der Waals surface area contributed by atoms with Crippen molar-refractivity contribution in [2.24, 2.45) is 0 Å². The second-order valence-corrected chi connectivity index (χ2v) is 19.0. The molecule has 0 aliphatic carbocycles. The Labute approximate surface area is 128 Å². The minimum absolute atomic E-state index is 0.199. The molecule has 0 unspecified atom stereocenters. The maximum atomic E-state index is 13.2. The van der Waals surface area contributed by atoms with Gasteiger partial charge in [-0.15, -0.1) is 0 Å². The van der Waals surface area contributed by atoms with Crippen molar-refractivity contribution in [2.45, 2.75) is 72.6 Å². The van der Waals surface area contributed by atoms with Crippen LogP contribution in [0.3, 0.4) is 0 Å². The molecule has 1 nitrogen and oxygen atoms in total. The SMILES string of the molecule is CCC[CH2][Sn]([CH2]CCC)([CH2]CCC)[c]1ccc(F)cn1. The van der Waals surface area contributed by atoms with Crippen LogP contribution in [0.15, 0.2) is 18.3 Å². The van der Waals surface area contributed by atoms with Crippen LogP contribution in [0.1, 0.15) is 59.3 Å². The molecular weight excluding hydrogens is 356 g/mol. The molecule has 0 spiro atoms. The van der Waals surface area contributed by atoms with Crippen LogP contribution in [-0.4, -0.2) is 23.4 Å². The first kappa shape index (κ1) is 17.9. The van der Waals surface area contributed by atoms with Crippen molar-refractivity contribution in [3.05, 3.63) is 24.1 Å².